The van der Waals surface area contributed by atoms with Crippen molar-refractivity contribution in [2.75, 3.05) is 13.2 Å². The van der Waals surface area contributed by atoms with E-state index in [1.165, 1.54) is 25.3 Å². The summed E-state index contributed by atoms with van der Waals surface area (Å²) in [6, 6.07) is 4.81. The van der Waals surface area contributed by atoms with Gasteiger partial charge in [0.15, 0.2) is 18.0 Å². The summed E-state index contributed by atoms with van der Waals surface area (Å²) in [5.74, 6) is -0.874. The summed E-state index contributed by atoms with van der Waals surface area (Å²) in [5, 5.41) is 0.536. The zero-order valence-corrected chi connectivity index (χ0v) is 15.5. The highest BCUT2D eigenvalue weighted by Crippen LogP contribution is 2.35. The van der Waals surface area contributed by atoms with E-state index >= 15 is 0 Å². The second-order valence-electron chi connectivity index (χ2n) is 7.59. The van der Waals surface area contributed by atoms with Crippen LogP contribution in [0.5, 0.6) is 0 Å². The Morgan fingerprint density at radius 1 is 1.22 bits per heavy atom. The normalized spacial score (nSPS) is 22.5. The van der Waals surface area contributed by atoms with Crippen LogP contribution in [0, 0.1) is 18.7 Å². The van der Waals surface area contributed by atoms with Crippen molar-refractivity contribution in [3.8, 4) is 0 Å². The molecule has 2 heterocycles. The van der Waals surface area contributed by atoms with Gasteiger partial charge in [0, 0.05) is 23.5 Å². The monoisotopic (exact) mass is 373 g/mol. The molecule has 2 aromatic rings. The molecule has 5 nitrogen and oxygen atoms in total. The summed E-state index contributed by atoms with van der Waals surface area (Å²) < 4.78 is 24.5. The fourth-order valence-corrected chi connectivity index (χ4v) is 4.61. The van der Waals surface area contributed by atoms with E-state index in [4.69, 9.17) is 9.15 Å². The van der Waals surface area contributed by atoms with E-state index in [0.717, 1.165) is 25.8 Å². The number of carbonyl (C=O) groups excluding carboxylic acids is 2. The minimum Gasteiger partial charge on any atom is -0.450 e. The van der Waals surface area contributed by atoms with Crippen LogP contribution in [0.15, 0.2) is 22.6 Å². The number of hydrogen-bond donors (Lipinski definition) is 0. The van der Waals surface area contributed by atoms with Crippen LogP contribution in [0.2, 0.25) is 0 Å². The highest BCUT2D eigenvalue weighted by molar-refractivity contribution is 5.96. The lowest BCUT2D eigenvalue weighted by molar-refractivity contribution is -0.140. The largest absolute Gasteiger partial charge is 0.450 e. The Labute approximate surface area is 157 Å². The van der Waals surface area contributed by atoms with Gasteiger partial charge in [0.2, 0.25) is 5.76 Å². The van der Waals surface area contributed by atoms with Crippen LogP contribution in [-0.2, 0) is 9.53 Å². The van der Waals surface area contributed by atoms with E-state index in [0.29, 0.717) is 16.9 Å². The van der Waals surface area contributed by atoms with Gasteiger partial charge in [-0.25, -0.2) is 9.18 Å². The molecule has 1 saturated heterocycles. The Morgan fingerprint density at radius 3 is 2.81 bits per heavy atom. The van der Waals surface area contributed by atoms with Crippen molar-refractivity contribution in [3.05, 3.63) is 35.3 Å². The first-order valence-electron chi connectivity index (χ1n) is 9.70. The van der Waals surface area contributed by atoms with Crippen molar-refractivity contribution in [2.45, 2.75) is 51.5 Å². The van der Waals surface area contributed by atoms with Crippen molar-refractivity contribution in [2.24, 2.45) is 5.92 Å². The van der Waals surface area contributed by atoms with E-state index in [-0.39, 0.29) is 29.9 Å². The third-order valence-corrected chi connectivity index (χ3v) is 5.99. The molecule has 0 spiro atoms. The molecular formula is C21H24FNO4. The van der Waals surface area contributed by atoms with E-state index < -0.39 is 11.8 Å². The molecule has 0 unspecified atom stereocenters. The number of fused-ring (bicyclic) bond motifs is 2. The standard InChI is InChI=1S/C21H24FNO4/c1-13-15-8-4-9-16(22)20(15)27-19(13)21(25)26-12-18(24)23-11-5-7-14-6-2-3-10-17(14)23/h4,8-9,14,17H,2-3,5-7,10-12H2,1H3/t14-,17+/m1/s1. The fraction of sp³-hybridized carbons (Fsp3) is 0.524. The quantitative estimate of drug-likeness (QED) is 0.756. The maximum Gasteiger partial charge on any atom is 0.375 e. The number of esters is 1. The fourth-order valence-electron chi connectivity index (χ4n) is 4.61. The zero-order valence-electron chi connectivity index (χ0n) is 15.5. The molecule has 2 aliphatic rings. The number of nitrogens with zero attached hydrogens (tertiary/aromatic N) is 1. The number of halogens is 1. The number of rotatable bonds is 3. The van der Waals surface area contributed by atoms with Gasteiger partial charge in [0.1, 0.15) is 0 Å². The molecule has 0 bridgehead atoms. The zero-order chi connectivity index (χ0) is 19.0. The van der Waals surface area contributed by atoms with Gasteiger partial charge in [-0.15, -0.1) is 0 Å². The highest BCUT2D eigenvalue weighted by atomic mass is 19.1. The summed E-state index contributed by atoms with van der Waals surface area (Å²) in [6.07, 6.45) is 6.78. The number of furan rings is 1. The molecule has 1 aromatic heterocycles. The molecule has 1 aliphatic heterocycles. The molecule has 1 amide bonds. The second-order valence-corrected chi connectivity index (χ2v) is 7.59. The lowest BCUT2D eigenvalue weighted by Crippen LogP contribution is -2.50. The highest BCUT2D eigenvalue weighted by Gasteiger charge is 2.36. The molecule has 1 aromatic carbocycles. The number of likely N-dealkylation sites (tertiary alicyclic amines) is 1. The molecular weight excluding hydrogens is 349 g/mol. The number of carbonyl (C=O) groups is 2. The van der Waals surface area contributed by atoms with Gasteiger partial charge in [-0.2, -0.15) is 0 Å². The van der Waals surface area contributed by atoms with Crippen molar-refractivity contribution in [3.63, 3.8) is 0 Å². The number of benzene rings is 1. The van der Waals surface area contributed by atoms with Gasteiger partial charge in [0.25, 0.3) is 5.91 Å². The molecule has 2 atom stereocenters. The Hall–Kier alpha value is -2.37. The Kier molecular flexibility index (Phi) is 4.89. The maximum atomic E-state index is 13.9. The Morgan fingerprint density at radius 2 is 2.00 bits per heavy atom. The molecule has 1 saturated carbocycles. The SMILES string of the molecule is Cc1c(C(=O)OCC(=O)N2CCC[C@H]3CCCC[C@@H]32)oc2c(F)cccc12. The molecule has 144 valence electrons. The molecule has 1 aliphatic carbocycles. The van der Waals surface area contributed by atoms with Gasteiger partial charge in [-0.05, 0) is 44.6 Å². The number of para-hydroxylation sites is 1. The van der Waals surface area contributed by atoms with Crippen LogP contribution in [0.4, 0.5) is 4.39 Å². The van der Waals surface area contributed by atoms with E-state index in [2.05, 4.69) is 0 Å². The lowest BCUT2D eigenvalue weighted by atomic mass is 9.78. The summed E-state index contributed by atoms with van der Waals surface area (Å²) in [5.41, 5.74) is 0.557. The minimum absolute atomic E-state index is 0.0364. The first kappa shape index (κ1) is 18.0. The van der Waals surface area contributed by atoms with Crippen LogP contribution in [0.1, 0.15) is 54.6 Å². The van der Waals surface area contributed by atoms with Crippen LogP contribution in [-0.4, -0.2) is 36.0 Å². The number of ether oxygens (including phenoxy) is 1. The predicted octanol–water partition coefficient (Wildman–Crippen LogP) is 4.22. The molecule has 2 fully saturated rings. The van der Waals surface area contributed by atoms with Gasteiger partial charge >= 0.3 is 5.97 Å². The van der Waals surface area contributed by atoms with Gasteiger partial charge < -0.3 is 14.1 Å². The smallest absolute Gasteiger partial charge is 0.375 e. The number of hydrogen-bond acceptors (Lipinski definition) is 4. The molecule has 27 heavy (non-hydrogen) atoms. The van der Waals surface area contributed by atoms with Crippen molar-refractivity contribution >= 4 is 22.8 Å². The van der Waals surface area contributed by atoms with Crippen LogP contribution < -0.4 is 0 Å². The summed E-state index contributed by atoms with van der Waals surface area (Å²) in [7, 11) is 0. The van der Waals surface area contributed by atoms with E-state index in [1.807, 2.05) is 4.90 Å². The number of piperidine rings is 1. The second kappa shape index (κ2) is 7.33. The van der Waals surface area contributed by atoms with E-state index in [9.17, 15) is 14.0 Å². The van der Waals surface area contributed by atoms with E-state index in [1.54, 1.807) is 19.1 Å². The summed E-state index contributed by atoms with van der Waals surface area (Å²) in [6.45, 7) is 2.11. The van der Waals surface area contributed by atoms with Crippen LogP contribution >= 0.6 is 0 Å². The third kappa shape index (κ3) is 3.33. The number of aryl methyl sites for hydroxylation is 1. The number of amides is 1. The van der Waals surface area contributed by atoms with Crippen molar-refractivity contribution in [1.82, 2.24) is 4.90 Å². The summed E-state index contributed by atoms with van der Waals surface area (Å²) >= 11 is 0. The average molecular weight is 373 g/mol. The van der Waals surface area contributed by atoms with Gasteiger partial charge in [0.05, 0.1) is 0 Å². The van der Waals surface area contributed by atoms with Crippen LogP contribution in [0.3, 0.4) is 0 Å². The predicted molar refractivity (Wildman–Crippen MR) is 97.9 cm³/mol. The first-order chi connectivity index (χ1) is 13.1. The molecule has 4 rings (SSSR count). The molecule has 0 radical (unpaired) electrons. The van der Waals surface area contributed by atoms with Crippen molar-refractivity contribution in [1.29, 1.82) is 0 Å². The first-order valence-corrected chi connectivity index (χ1v) is 9.70. The average Bonchev–Trinajstić information content (AvgIpc) is 3.03. The minimum atomic E-state index is -0.728. The van der Waals surface area contributed by atoms with Gasteiger partial charge in [-0.3, -0.25) is 4.79 Å². The Balaban J connectivity index is 1.44. The Bertz CT molecular complexity index is 872. The molecule has 0 N–H and O–H groups in total. The topological polar surface area (TPSA) is 59.8 Å². The lowest BCUT2D eigenvalue weighted by Gasteiger charge is -2.44. The third-order valence-electron chi connectivity index (χ3n) is 5.99. The maximum absolute atomic E-state index is 13.9. The summed E-state index contributed by atoms with van der Waals surface area (Å²) in [4.78, 5) is 27.0. The van der Waals surface area contributed by atoms with Crippen molar-refractivity contribution < 1.29 is 23.1 Å². The van der Waals surface area contributed by atoms with Crippen LogP contribution in [0.25, 0.3) is 11.0 Å². The molecule has 6 heteroatoms. The van der Waals surface area contributed by atoms with Gasteiger partial charge in [-0.1, -0.05) is 25.0 Å².